The van der Waals surface area contributed by atoms with Crippen LogP contribution in [0, 0.1) is 0 Å². The molecule has 0 saturated carbocycles. The minimum absolute atomic E-state index is 0.341. The number of aliphatic hydroxyl groups excluding tert-OH is 2. The first kappa shape index (κ1) is 20.8. The third-order valence-electron chi connectivity index (χ3n) is 7.43. The molecule has 1 aliphatic carbocycles. The number of hydrogen-bond donors (Lipinski definition) is 2. The third kappa shape index (κ3) is 4.19. The van der Waals surface area contributed by atoms with Crippen molar-refractivity contribution in [3.63, 3.8) is 0 Å². The topological polar surface area (TPSA) is 62.2 Å². The molecular formula is C26H33NO4. The van der Waals surface area contributed by atoms with Gasteiger partial charge in [-0.2, -0.15) is 0 Å². The molecule has 0 amide bonds. The molecule has 3 aliphatic rings. The second-order valence-electron chi connectivity index (χ2n) is 9.46. The minimum Gasteiger partial charge on any atom is -0.497 e. The molecule has 5 rings (SSSR count). The summed E-state index contributed by atoms with van der Waals surface area (Å²) in [5.74, 6) is 1.48. The number of rotatable bonds is 4. The molecular weight excluding hydrogens is 390 g/mol. The maximum absolute atomic E-state index is 10.9. The molecule has 2 N–H and O–H groups in total. The van der Waals surface area contributed by atoms with Crippen molar-refractivity contribution in [2.45, 2.75) is 62.8 Å². The molecule has 0 bridgehead atoms. The fraction of sp³-hybridized carbons (Fsp3) is 0.538. The van der Waals surface area contributed by atoms with Crippen LogP contribution in [0.4, 0.5) is 0 Å². The zero-order valence-corrected chi connectivity index (χ0v) is 18.3. The van der Waals surface area contributed by atoms with E-state index in [1.165, 1.54) is 30.4 Å². The van der Waals surface area contributed by atoms with E-state index < -0.39 is 12.2 Å². The van der Waals surface area contributed by atoms with Crippen LogP contribution in [0.25, 0.3) is 0 Å². The number of piperidine rings is 1. The Morgan fingerprint density at radius 2 is 1.87 bits per heavy atom. The van der Waals surface area contributed by atoms with Gasteiger partial charge in [0.2, 0.25) is 0 Å². The maximum Gasteiger partial charge on any atom is 0.129 e. The van der Waals surface area contributed by atoms with Crippen LogP contribution in [0.15, 0.2) is 36.4 Å². The summed E-state index contributed by atoms with van der Waals surface area (Å²) in [6, 6.07) is 12.2. The molecule has 1 fully saturated rings. The first-order valence-corrected chi connectivity index (χ1v) is 11.6. The van der Waals surface area contributed by atoms with Gasteiger partial charge in [0.15, 0.2) is 0 Å². The second kappa shape index (κ2) is 8.45. The summed E-state index contributed by atoms with van der Waals surface area (Å²) in [5, 5.41) is 21.6. The largest absolute Gasteiger partial charge is 0.497 e. The average molecular weight is 424 g/mol. The summed E-state index contributed by atoms with van der Waals surface area (Å²) >= 11 is 0. The van der Waals surface area contributed by atoms with Crippen molar-refractivity contribution in [1.82, 2.24) is 4.90 Å². The Morgan fingerprint density at radius 3 is 2.65 bits per heavy atom. The summed E-state index contributed by atoms with van der Waals surface area (Å²) < 4.78 is 11.8. The van der Waals surface area contributed by atoms with Crippen molar-refractivity contribution in [1.29, 1.82) is 0 Å². The first-order chi connectivity index (χ1) is 15.0. The second-order valence-corrected chi connectivity index (χ2v) is 9.46. The van der Waals surface area contributed by atoms with E-state index in [-0.39, 0.29) is 5.60 Å². The van der Waals surface area contributed by atoms with Crippen molar-refractivity contribution in [2.24, 2.45) is 0 Å². The smallest absolute Gasteiger partial charge is 0.129 e. The highest BCUT2D eigenvalue weighted by Gasteiger charge is 2.43. The number of hydrogen-bond acceptors (Lipinski definition) is 5. The highest BCUT2D eigenvalue weighted by atomic mass is 16.5. The Bertz CT molecular complexity index is 935. The van der Waals surface area contributed by atoms with Gasteiger partial charge in [0.25, 0.3) is 0 Å². The summed E-state index contributed by atoms with van der Waals surface area (Å²) in [6.07, 6.45) is 6.16. The van der Waals surface area contributed by atoms with Crippen molar-refractivity contribution in [3.05, 3.63) is 58.7 Å². The predicted octanol–water partition coefficient (Wildman–Crippen LogP) is 3.96. The van der Waals surface area contributed by atoms with Crippen LogP contribution in [0.3, 0.4) is 0 Å². The lowest BCUT2D eigenvalue weighted by Gasteiger charge is -2.46. The minimum atomic E-state index is -0.512. The van der Waals surface area contributed by atoms with Gasteiger partial charge in [-0.25, -0.2) is 0 Å². The Hall–Kier alpha value is -2.08. The molecule has 2 aromatic carbocycles. The van der Waals surface area contributed by atoms with E-state index in [1.807, 2.05) is 18.2 Å². The Balaban J connectivity index is 1.22. The van der Waals surface area contributed by atoms with Crippen LogP contribution < -0.4 is 9.47 Å². The number of aryl methyl sites for hydroxylation is 2. The van der Waals surface area contributed by atoms with Crippen LogP contribution in [0.1, 0.15) is 66.6 Å². The molecule has 166 valence electrons. The zero-order valence-electron chi connectivity index (χ0n) is 18.3. The lowest BCUT2D eigenvalue weighted by Crippen LogP contribution is -2.51. The lowest BCUT2D eigenvalue weighted by molar-refractivity contribution is -0.0588. The van der Waals surface area contributed by atoms with Gasteiger partial charge in [-0.1, -0.05) is 18.2 Å². The number of β-amino-alcohol motifs (C(OH)–C–C–N with tert-alkyl or cyclic N) is 1. The summed E-state index contributed by atoms with van der Waals surface area (Å²) in [4.78, 5) is 2.33. The van der Waals surface area contributed by atoms with Crippen molar-refractivity contribution >= 4 is 0 Å². The van der Waals surface area contributed by atoms with Crippen LogP contribution in [-0.4, -0.2) is 47.5 Å². The van der Waals surface area contributed by atoms with Crippen LogP contribution >= 0.6 is 0 Å². The van der Waals surface area contributed by atoms with E-state index in [0.717, 1.165) is 55.0 Å². The fourth-order valence-electron chi connectivity index (χ4n) is 5.50. The van der Waals surface area contributed by atoms with E-state index >= 15 is 0 Å². The first-order valence-electron chi connectivity index (χ1n) is 11.6. The van der Waals surface area contributed by atoms with E-state index in [9.17, 15) is 10.2 Å². The monoisotopic (exact) mass is 423 g/mol. The van der Waals surface area contributed by atoms with Crippen LogP contribution in [0.5, 0.6) is 11.5 Å². The molecule has 5 nitrogen and oxygen atoms in total. The van der Waals surface area contributed by atoms with Gasteiger partial charge < -0.3 is 24.6 Å². The fourth-order valence-corrected chi connectivity index (χ4v) is 5.50. The molecule has 5 heteroatoms. The molecule has 0 aromatic heterocycles. The Labute approximate surface area is 184 Å². The standard InChI is InChI=1S/C26H33NO4/c1-30-21-8-9-22-23(28)16-26(31-25(22)15-21)10-12-27(13-11-26)17-24(29)20-7-6-18-4-2-3-5-19(18)14-20/h6-9,14-15,23-24,28-29H,2-5,10-13,16-17H2,1H3/t23-,24-/m0/s1. The number of aliphatic hydroxyl groups is 2. The van der Waals surface area contributed by atoms with Gasteiger partial charge in [-0.05, 0) is 67.3 Å². The summed E-state index contributed by atoms with van der Waals surface area (Å²) in [7, 11) is 1.64. The molecule has 0 radical (unpaired) electrons. The summed E-state index contributed by atoms with van der Waals surface area (Å²) in [6.45, 7) is 2.35. The Kier molecular flexibility index (Phi) is 5.67. The van der Waals surface area contributed by atoms with Gasteiger partial charge in [0.1, 0.15) is 17.1 Å². The van der Waals surface area contributed by atoms with E-state index in [0.29, 0.717) is 13.0 Å². The number of fused-ring (bicyclic) bond motifs is 2. The zero-order chi connectivity index (χ0) is 21.4. The Morgan fingerprint density at radius 1 is 1.10 bits per heavy atom. The molecule has 2 aromatic rings. The highest BCUT2D eigenvalue weighted by molar-refractivity contribution is 5.44. The van der Waals surface area contributed by atoms with E-state index in [4.69, 9.17) is 9.47 Å². The molecule has 2 atom stereocenters. The van der Waals surface area contributed by atoms with Gasteiger partial charge in [-0.3, -0.25) is 0 Å². The molecule has 2 heterocycles. The number of benzene rings is 2. The van der Waals surface area contributed by atoms with Crippen LogP contribution in [0.2, 0.25) is 0 Å². The van der Waals surface area contributed by atoms with E-state index in [2.05, 4.69) is 23.1 Å². The summed E-state index contributed by atoms with van der Waals surface area (Å²) in [5.41, 5.74) is 4.40. The number of methoxy groups -OCH3 is 1. The van der Waals surface area contributed by atoms with E-state index in [1.54, 1.807) is 7.11 Å². The van der Waals surface area contributed by atoms with Crippen LogP contribution in [-0.2, 0) is 12.8 Å². The molecule has 1 spiro atoms. The van der Waals surface area contributed by atoms with Crippen molar-refractivity contribution in [3.8, 4) is 11.5 Å². The highest BCUT2D eigenvalue weighted by Crippen LogP contribution is 2.45. The molecule has 2 aliphatic heterocycles. The van der Waals surface area contributed by atoms with Crippen molar-refractivity contribution in [2.75, 3.05) is 26.7 Å². The predicted molar refractivity (Wildman–Crippen MR) is 120 cm³/mol. The van der Waals surface area contributed by atoms with Gasteiger partial charge in [0, 0.05) is 37.7 Å². The third-order valence-corrected chi connectivity index (χ3v) is 7.43. The quantitative estimate of drug-likeness (QED) is 0.780. The number of ether oxygens (including phenoxy) is 2. The van der Waals surface area contributed by atoms with Gasteiger partial charge >= 0.3 is 0 Å². The number of likely N-dealkylation sites (tertiary alicyclic amines) is 1. The van der Waals surface area contributed by atoms with Gasteiger partial charge in [0.05, 0.1) is 19.3 Å². The maximum atomic E-state index is 10.9. The SMILES string of the molecule is COc1ccc2c(c1)OC1(CCN(C[C@H](O)c3ccc4c(c3)CCCC4)CC1)C[C@@H]2O. The number of nitrogens with zero attached hydrogens (tertiary/aromatic N) is 1. The molecule has 1 saturated heterocycles. The normalized spacial score (nSPS) is 23.5. The molecule has 31 heavy (non-hydrogen) atoms. The van der Waals surface area contributed by atoms with Gasteiger partial charge in [-0.15, -0.1) is 0 Å². The van der Waals surface area contributed by atoms with Crippen molar-refractivity contribution < 1.29 is 19.7 Å². The molecule has 0 unspecified atom stereocenters. The average Bonchev–Trinajstić information content (AvgIpc) is 2.80. The lowest BCUT2D eigenvalue weighted by atomic mass is 9.81.